The van der Waals surface area contributed by atoms with Crippen molar-refractivity contribution in [1.29, 1.82) is 0 Å². The normalized spacial score (nSPS) is 10.3. The highest BCUT2D eigenvalue weighted by Crippen LogP contribution is 2.28. The van der Waals surface area contributed by atoms with Crippen molar-refractivity contribution < 1.29 is 4.79 Å². The van der Waals surface area contributed by atoms with Gasteiger partial charge in [0, 0.05) is 15.3 Å². The average molecular weight is 216 g/mol. The Hall–Kier alpha value is -1.41. The summed E-state index contributed by atoms with van der Waals surface area (Å²) in [6.45, 7) is 4.06. The van der Waals surface area contributed by atoms with Crippen LogP contribution in [0.4, 0.5) is 0 Å². The SMILES string of the molecule is Cc1ccc(-c2ccc(C=O)c(C)c2)s1. The molecule has 2 rings (SSSR count). The van der Waals surface area contributed by atoms with E-state index in [1.165, 1.54) is 15.3 Å². The first-order valence-corrected chi connectivity index (χ1v) is 5.65. The molecule has 1 heterocycles. The lowest BCUT2D eigenvalue weighted by atomic mass is 10.1. The van der Waals surface area contributed by atoms with E-state index in [4.69, 9.17) is 0 Å². The third kappa shape index (κ3) is 2.00. The molecule has 0 N–H and O–H groups in total. The summed E-state index contributed by atoms with van der Waals surface area (Å²) in [6, 6.07) is 10.2. The van der Waals surface area contributed by atoms with E-state index in [1.807, 2.05) is 19.1 Å². The predicted molar refractivity (Wildman–Crippen MR) is 64.6 cm³/mol. The molecule has 0 aliphatic heterocycles. The molecule has 2 heteroatoms. The first kappa shape index (κ1) is 10.1. The Morgan fingerprint density at radius 2 is 1.93 bits per heavy atom. The highest BCUT2D eigenvalue weighted by molar-refractivity contribution is 7.15. The maximum atomic E-state index is 10.7. The molecule has 0 unspecified atom stereocenters. The van der Waals surface area contributed by atoms with Crippen molar-refractivity contribution in [3.63, 3.8) is 0 Å². The van der Waals surface area contributed by atoms with Gasteiger partial charge >= 0.3 is 0 Å². The lowest BCUT2D eigenvalue weighted by Crippen LogP contribution is -1.85. The van der Waals surface area contributed by atoms with Crippen LogP contribution >= 0.6 is 11.3 Å². The molecule has 0 atom stereocenters. The zero-order valence-corrected chi connectivity index (χ0v) is 9.60. The summed E-state index contributed by atoms with van der Waals surface area (Å²) in [5.41, 5.74) is 3.00. The molecular weight excluding hydrogens is 204 g/mol. The minimum atomic E-state index is 0.770. The fourth-order valence-corrected chi connectivity index (χ4v) is 2.41. The summed E-state index contributed by atoms with van der Waals surface area (Å²) in [4.78, 5) is 13.2. The Kier molecular flexibility index (Phi) is 2.69. The minimum Gasteiger partial charge on any atom is -0.298 e. The first-order chi connectivity index (χ1) is 7.20. The van der Waals surface area contributed by atoms with Crippen LogP contribution in [0.25, 0.3) is 10.4 Å². The highest BCUT2D eigenvalue weighted by atomic mass is 32.1. The zero-order chi connectivity index (χ0) is 10.8. The molecular formula is C13H12OS. The number of hydrogen-bond acceptors (Lipinski definition) is 2. The van der Waals surface area contributed by atoms with Gasteiger partial charge in [0.15, 0.2) is 0 Å². The van der Waals surface area contributed by atoms with Gasteiger partial charge in [0.05, 0.1) is 0 Å². The lowest BCUT2D eigenvalue weighted by Gasteiger charge is -2.01. The molecule has 0 saturated carbocycles. The van der Waals surface area contributed by atoms with E-state index < -0.39 is 0 Å². The summed E-state index contributed by atoms with van der Waals surface area (Å²) in [5.74, 6) is 0. The largest absolute Gasteiger partial charge is 0.298 e. The predicted octanol–water partition coefficient (Wildman–Crippen LogP) is 3.84. The van der Waals surface area contributed by atoms with Gasteiger partial charge in [-0.25, -0.2) is 0 Å². The van der Waals surface area contributed by atoms with Gasteiger partial charge < -0.3 is 0 Å². The van der Waals surface area contributed by atoms with Crippen molar-refractivity contribution in [1.82, 2.24) is 0 Å². The van der Waals surface area contributed by atoms with Crippen molar-refractivity contribution in [2.24, 2.45) is 0 Å². The number of carbonyl (C=O) groups excluding carboxylic acids is 1. The topological polar surface area (TPSA) is 17.1 Å². The van der Waals surface area contributed by atoms with Crippen molar-refractivity contribution in [3.05, 3.63) is 46.3 Å². The van der Waals surface area contributed by atoms with Gasteiger partial charge in [-0.1, -0.05) is 12.1 Å². The van der Waals surface area contributed by atoms with Gasteiger partial charge in [-0.3, -0.25) is 4.79 Å². The molecule has 2 aromatic rings. The number of aldehydes is 1. The quantitative estimate of drug-likeness (QED) is 0.697. The molecule has 0 bridgehead atoms. The second-order valence-corrected chi connectivity index (χ2v) is 4.89. The molecule has 1 nitrogen and oxygen atoms in total. The second-order valence-electron chi connectivity index (χ2n) is 3.60. The standard InChI is InChI=1S/C13H12OS/c1-9-7-11(4-5-12(9)8-14)13-6-3-10(2)15-13/h3-8H,1-2H3. The van der Waals surface area contributed by atoms with Crippen LogP contribution in [-0.2, 0) is 0 Å². The molecule has 0 radical (unpaired) electrons. The highest BCUT2D eigenvalue weighted by Gasteiger charge is 2.03. The van der Waals surface area contributed by atoms with Crippen LogP contribution in [0, 0.1) is 13.8 Å². The molecule has 15 heavy (non-hydrogen) atoms. The van der Waals surface area contributed by atoms with Crippen LogP contribution in [0.2, 0.25) is 0 Å². The van der Waals surface area contributed by atoms with E-state index in [0.717, 1.165) is 17.4 Å². The minimum absolute atomic E-state index is 0.770. The number of carbonyl (C=O) groups is 1. The first-order valence-electron chi connectivity index (χ1n) is 4.83. The maximum Gasteiger partial charge on any atom is 0.150 e. The van der Waals surface area contributed by atoms with Crippen molar-refractivity contribution in [2.75, 3.05) is 0 Å². The van der Waals surface area contributed by atoms with Crippen molar-refractivity contribution in [3.8, 4) is 10.4 Å². The third-order valence-corrected chi connectivity index (χ3v) is 3.47. The van der Waals surface area contributed by atoms with Crippen LogP contribution in [0.5, 0.6) is 0 Å². The van der Waals surface area contributed by atoms with Gasteiger partial charge in [-0.15, -0.1) is 11.3 Å². The van der Waals surface area contributed by atoms with E-state index in [9.17, 15) is 4.79 Å². The molecule has 1 aromatic heterocycles. The van der Waals surface area contributed by atoms with Crippen LogP contribution < -0.4 is 0 Å². The van der Waals surface area contributed by atoms with E-state index >= 15 is 0 Å². The summed E-state index contributed by atoms with van der Waals surface area (Å²) in [7, 11) is 0. The average Bonchev–Trinajstić information content (AvgIpc) is 2.65. The lowest BCUT2D eigenvalue weighted by molar-refractivity contribution is 0.112. The Labute approximate surface area is 93.4 Å². The van der Waals surface area contributed by atoms with E-state index in [2.05, 4.69) is 25.1 Å². The Morgan fingerprint density at radius 3 is 2.47 bits per heavy atom. The molecule has 0 aliphatic carbocycles. The maximum absolute atomic E-state index is 10.7. The molecule has 76 valence electrons. The van der Waals surface area contributed by atoms with E-state index in [1.54, 1.807) is 11.3 Å². The van der Waals surface area contributed by atoms with Crippen molar-refractivity contribution in [2.45, 2.75) is 13.8 Å². The van der Waals surface area contributed by atoms with Gasteiger partial charge in [-0.2, -0.15) is 0 Å². The molecule has 0 amide bonds. The Bertz CT molecular complexity index is 497. The monoisotopic (exact) mass is 216 g/mol. The fraction of sp³-hybridized carbons (Fsp3) is 0.154. The van der Waals surface area contributed by atoms with E-state index in [0.29, 0.717) is 0 Å². The number of rotatable bonds is 2. The number of aryl methyl sites for hydroxylation is 2. The number of thiophene rings is 1. The third-order valence-electron chi connectivity index (χ3n) is 2.42. The van der Waals surface area contributed by atoms with Gasteiger partial charge in [0.2, 0.25) is 0 Å². The summed E-state index contributed by atoms with van der Waals surface area (Å²) >= 11 is 1.77. The molecule has 1 aromatic carbocycles. The second kappa shape index (κ2) is 3.99. The van der Waals surface area contributed by atoms with Crippen LogP contribution in [0.1, 0.15) is 20.8 Å². The fourth-order valence-electron chi connectivity index (χ4n) is 1.55. The van der Waals surface area contributed by atoms with Crippen molar-refractivity contribution >= 4 is 17.6 Å². The Balaban J connectivity index is 2.46. The molecule has 0 fully saturated rings. The van der Waals surface area contributed by atoms with Crippen LogP contribution in [0.3, 0.4) is 0 Å². The van der Waals surface area contributed by atoms with Gasteiger partial charge in [0.25, 0.3) is 0 Å². The number of hydrogen-bond donors (Lipinski definition) is 0. The Morgan fingerprint density at radius 1 is 1.13 bits per heavy atom. The summed E-state index contributed by atoms with van der Waals surface area (Å²) < 4.78 is 0. The zero-order valence-electron chi connectivity index (χ0n) is 8.78. The van der Waals surface area contributed by atoms with Gasteiger partial charge in [0.1, 0.15) is 6.29 Å². The van der Waals surface area contributed by atoms with Crippen LogP contribution in [-0.4, -0.2) is 6.29 Å². The molecule has 0 spiro atoms. The van der Waals surface area contributed by atoms with E-state index in [-0.39, 0.29) is 0 Å². The summed E-state index contributed by atoms with van der Waals surface area (Å²) in [6.07, 6.45) is 0.902. The van der Waals surface area contributed by atoms with Gasteiger partial charge in [-0.05, 0) is 43.2 Å². The van der Waals surface area contributed by atoms with Crippen LogP contribution in [0.15, 0.2) is 30.3 Å². The number of benzene rings is 1. The smallest absolute Gasteiger partial charge is 0.150 e. The molecule has 0 aliphatic rings. The summed E-state index contributed by atoms with van der Waals surface area (Å²) in [5, 5.41) is 0. The molecule has 0 saturated heterocycles.